The molecule has 0 aliphatic heterocycles. The number of halogens is 2. The maximum Gasteiger partial charge on any atom is 0.411 e. The third-order valence-corrected chi connectivity index (χ3v) is 6.90. The van der Waals surface area contributed by atoms with Gasteiger partial charge in [0.05, 0.1) is 4.47 Å². The van der Waals surface area contributed by atoms with Crippen LogP contribution in [0.5, 0.6) is 0 Å². The van der Waals surface area contributed by atoms with E-state index in [1.165, 1.54) is 17.0 Å². The molecule has 0 spiro atoms. The second kappa shape index (κ2) is 8.63. The molecule has 0 aromatic heterocycles. The van der Waals surface area contributed by atoms with Gasteiger partial charge >= 0.3 is 12.1 Å². The maximum absolute atomic E-state index is 14.1. The van der Waals surface area contributed by atoms with Crippen molar-refractivity contribution in [2.45, 2.75) is 30.8 Å². The molecule has 1 atom stereocenters. The predicted octanol–water partition coefficient (Wildman–Crippen LogP) is 6.13. The molecule has 1 amide bonds. The van der Waals surface area contributed by atoms with Crippen molar-refractivity contribution in [3.8, 4) is 11.1 Å². The topological polar surface area (TPSA) is 66.8 Å². The highest BCUT2D eigenvalue weighted by Gasteiger charge is 2.43. The van der Waals surface area contributed by atoms with Gasteiger partial charge in [0.1, 0.15) is 12.4 Å². The summed E-state index contributed by atoms with van der Waals surface area (Å²) in [5, 5.41) is 9.94. The van der Waals surface area contributed by atoms with Crippen LogP contribution in [0.15, 0.2) is 71.2 Å². The van der Waals surface area contributed by atoms with Crippen molar-refractivity contribution in [1.29, 1.82) is 0 Å². The first-order valence-electron chi connectivity index (χ1n) is 10.8. The number of carbonyl (C=O) groups is 2. The molecule has 2 aliphatic carbocycles. The highest BCUT2D eigenvalue weighted by Crippen LogP contribution is 2.45. The van der Waals surface area contributed by atoms with E-state index in [0.29, 0.717) is 12.8 Å². The van der Waals surface area contributed by atoms with E-state index in [1.54, 1.807) is 0 Å². The first-order chi connectivity index (χ1) is 16.0. The molecule has 7 heteroatoms. The fourth-order valence-electron chi connectivity index (χ4n) is 4.59. The smallest absolute Gasteiger partial charge is 0.411 e. The molecular formula is C26H21BrFNO4. The zero-order valence-corrected chi connectivity index (χ0v) is 19.2. The number of hydrogen-bond donors (Lipinski definition) is 1. The maximum atomic E-state index is 14.1. The summed E-state index contributed by atoms with van der Waals surface area (Å²) in [5.74, 6) is -1.94. The molecule has 1 unspecified atom stereocenters. The van der Waals surface area contributed by atoms with Gasteiger partial charge in [0.15, 0.2) is 6.04 Å². The summed E-state index contributed by atoms with van der Waals surface area (Å²) in [4.78, 5) is 26.6. The van der Waals surface area contributed by atoms with Crippen LogP contribution in [0.25, 0.3) is 11.1 Å². The third kappa shape index (κ3) is 4.02. The summed E-state index contributed by atoms with van der Waals surface area (Å²) < 4.78 is 20.1. The standard InChI is InChI=1S/C26H21BrFNO4/c27-22-12-9-15(13-23(22)28)24(25(30)31)29(16-10-11-16)26(32)33-14-21-19-7-3-1-5-17(19)18-6-2-4-8-20(18)21/h1-9,12-13,16,21,24H,10-11,14H2,(H,30,31). The van der Waals surface area contributed by atoms with Crippen molar-refractivity contribution in [3.63, 3.8) is 0 Å². The number of fused-ring (bicyclic) bond motifs is 3. The van der Waals surface area contributed by atoms with Gasteiger partial charge in [-0.15, -0.1) is 0 Å². The number of amides is 1. The quantitative estimate of drug-likeness (QED) is 0.434. The number of nitrogens with zero attached hydrogens (tertiary/aromatic N) is 1. The van der Waals surface area contributed by atoms with E-state index < -0.39 is 23.9 Å². The van der Waals surface area contributed by atoms with Gasteiger partial charge in [-0.25, -0.2) is 14.0 Å². The minimum absolute atomic E-state index is 0.0944. The number of hydrogen-bond acceptors (Lipinski definition) is 3. The minimum Gasteiger partial charge on any atom is -0.479 e. The van der Waals surface area contributed by atoms with E-state index in [-0.39, 0.29) is 28.6 Å². The highest BCUT2D eigenvalue weighted by atomic mass is 79.9. The molecule has 168 valence electrons. The Balaban J connectivity index is 1.41. The average Bonchev–Trinajstić information content (AvgIpc) is 3.60. The van der Waals surface area contributed by atoms with Crippen LogP contribution in [0.4, 0.5) is 9.18 Å². The molecule has 5 nitrogen and oxygen atoms in total. The van der Waals surface area contributed by atoms with Crippen molar-refractivity contribution >= 4 is 28.0 Å². The predicted molar refractivity (Wildman–Crippen MR) is 124 cm³/mol. The van der Waals surface area contributed by atoms with E-state index in [9.17, 15) is 19.1 Å². The van der Waals surface area contributed by atoms with Gasteiger partial charge in [-0.05, 0) is 68.7 Å². The molecule has 5 rings (SSSR count). The molecule has 0 radical (unpaired) electrons. The normalized spacial score (nSPS) is 15.5. The van der Waals surface area contributed by atoms with Crippen LogP contribution in [0, 0.1) is 5.82 Å². The van der Waals surface area contributed by atoms with E-state index in [1.807, 2.05) is 36.4 Å². The number of carboxylic acid groups (broad SMARTS) is 1. The van der Waals surface area contributed by atoms with Crippen molar-refractivity contribution in [3.05, 3.63) is 93.7 Å². The lowest BCUT2D eigenvalue weighted by Gasteiger charge is -2.29. The molecule has 0 heterocycles. The molecule has 0 bridgehead atoms. The first-order valence-corrected chi connectivity index (χ1v) is 11.6. The summed E-state index contributed by atoms with van der Waals surface area (Å²) in [5.41, 5.74) is 4.58. The summed E-state index contributed by atoms with van der Waals surface area (Å²) >= 11 is 3.08. The number of ether oxygens (including phenoxy) is 1. The van der Waals surface area contributed by atoms with Crippen molar-refractivity contribution in [2.75, 3.05) is 6.61 Å². The van der Waals surface area contributed by atoms with E-state index in [0.717, 1.165) is 28.3 Å². The summed E-state index contributed by atoms with van der Waals surface area (Å²) in [6, 6.07) is 18.6. The summed E-state index contributed by atoms with van der Waals surface area (Å²) in [6.07, 6.45) is 0.676. The molecule has 1 saturated carbocycles. The molecule has 2 aliphatic rings. The molecule has 3 aromatic carbocycles. The number of rotatable bonds is 6. The lowest BCUT2D eigenvalue weighted by atomic mass is 9.98. The van der Waals surface area contributed by atoms with Crippen molar-refractivity contribution in [2.24, 2.45) is 0 Å². The van der Waals surface area contributed by atoms with E-state index in [2.05, 4.69) is 28.1 Å². The molecule has 1 fully saturated rings. The van der Waals surface area contributed by atoms with Crippen LogP contribution in [-0.2, 0) is 9.53 Å². The van der Waals surface area contributed by atoms with E-state index in [4.69, 9.17) is 4.74 Å². The van der Waals surface area contributed by atoms with Crippen molar-refractivity contribution < 1.29 is 23.8 Å². The number of benzene rings is 3. The first kappa shape index (κ1) is 21.6. The zero-order chi connectivity index (χ0) is 23.1. The van der Waals surface area contributed by atoms with Crippen LogP contribution in [0.1, 0.15) is 41.5 Å². The minimum atomic E-state index is -1.32. The molecular weight excluding hydrogens is 489 g/mol. The lowest BCUT2D eigenvalue weighted by molar-refractivity contribution is -0.143. The molecule has 1 N–H and O–H groups in total. The Hall–Kier alpha value is -3.19. The van der Waals surface area contributed by atoms with E-state index >= 15 is 0 Å². The van der Waals surface area contributed by atoms with Gasteiger partial charge in [-0.1, -0.05) is 54.6 Å². The fraction of sp³-hybridized carbons (Fsp3) is 0.231. The largest absolute Gasteiger partial charge is 0.479 e. The Morgan fingerprint density at radius 3 is 2.18 bits per heavy atom. The lowest BCUT2D eigenvalue weighted by Crippen LogP contribution is -2.41. The number of aliphatic carboxylic acids is 1. The zero-order valence-electron chi connectivity index (χ0n) is 17.6. The fourth-order valence-corrected chi connectivity index (χ4v) is 4.84. The molecule has 33 heavy (non-hydrogen) atoms. The highest BCUT2D eigenvalue weighted by molar-refractivity contribution is 9.10. The summed E-state index contributed by atoms with van der Waals surface area (Å²) in [6.45, 7) is 0.0944. The van der Waals surface area contributed by atoms with Crippen LogP contribution in [-0.4, -0.2) is 34.7 Å². The summed E-state index contributed by atoms with van der Waals surface area (Å²) in [7, 11) is 0. The van der Waals surface area contributed by atoms with Crippen LogP contribution in [0.2, 0.25) is 0 Å². The Kier molecular flexibility index (Phi) is 5.66. The van der Waals surface area contributed by atoms with Gasteiger partial charge in [-0.2, -0.15) is 0 Å². The van der Waals surface area contributed by atoms with Gasteiger partial charge in [0.25, 0.3) is 0 Å². The average molecular weight is 510 g/mol. The van der Waals surface area contributed by atoms with Crippen molar-refractivity contribution in [1.82, 2.24) is 4.90 Å². The van der Waals surface area contributed by atoms with Crippen LogP contribution < -0.4 is 0 Å². The molecule has 0 saturated heterocycles. The Morgan fingerprint density at radius 2 is 1.64 bits per heavy atom. The monoisotopic (exact) mass is 509 g/mol. The second-order valence-corrected chi connectivity index (χ2v) is 9.21. The number of carbonyl (C=O) groups excluding carboxylic acids is 1. The SMILES string of the molecule is O=C(O)C(c1ccc(Br)c(F)c1)N(C(=O)OCC1c2ccccc2-c2ccccc21)C1CC1. The van der Waals surface area contributed by atoms with Gasteiger partial charge in [-0.3, -0.25) is 4.90 Å². The Labute approximate surface area is 198 Å². The Morgan fingerprint density at radius 1 is 1.03 bits per heavy atom. The number of carboxylic acids is 1. The molecule has 3 aromatic rings. The third-order valence-electron chi connectivity index (χ3n) is 6.26. The van der Waals surface area contributed by atoms with Crippen LogP contribution >= 0.6 is 15.9 Å². The van der Waals surface area contributed by atoms with Gasteiger partial charge < -0.3 is 9.84 Å². The van der Waals surface area contributed by atoms with Gasteiger partial charge in [0, 0.05) is 12.0 Å². The van der Waals surface area contributed by atoms with Gasteiger partial charge in [0.2, 0.25) is 0 Å². The Bertz CT molecular complexity index is 1200. The second-order valence-electron chi connectivity index (χ2n) is 8.36. The van der Waals surface area contributed by atoms with Crippen LogP contribution in [0.3, 0.4) is 0 Å².